The highest BCUT2D eigenvalue weighted by Gasteiger charge is 2.21. The van der Waals surface area contributed by atoms with E-state index in [1.165, 1.54) is 22.3 Å². The number of hydrogen-bond donors (Lipinski definition) is 2. The summed E-state index contributed by atoms with van der Waals surface area (Å²) in [4.78, 5) is 43.4. The van der Waals surface area contributed by atoms with Crippen molar-refractivity contribution in [3.63, 3.8) is 0 Å². The maximum atomic E-state index is 13.0. The first-order valence-electron chi connectivity index (χ1n) is 10.9. The lowest BCUT2D eigenvalue weighted by Gasteiger charge is -2.24. The van der Waals surface area contributed by atoms with Gasteiger partial charge in [0, 0.05) is 24.0 Å². The Morgan fingerprint density at radius 1 is 1.12 bits per heavy atom. The number of nitrogens with zero attached hydrogens (tertiary/aromatic N) is 2. The minimum absolute atomic E-state index is 0.0930. The average molecular weight is 513 g/mol. The molecule has 0 atom stereocenters. The summed E-state index contributed by atoms with van der Waals surface area (Å²) in [5.74, 6) is -0.609. The van der Waals surface area contributed by atoms with Gasteiger partial charge in [0.1, 0.15) is 6.54 Å². The van der Waals surface area contributed by atoms with Crippen LogP contribution in [0.2, 0.25) is 10.0 Å². The molecule has 0 bridgehead atoms. The highest BCUT2D eigenvalue weighted by molar-refractivity contribution is 7.13. The summed E-state index contributed by atoms with van der Waals surface area (Å²) in [5.41, 5.74) is 0.952. The van der Waals surface area contributed by atoms with Gasteiger partial charge < -0.3 is 15.5 Å². The second-order valence-corrected chi connectivity index (χ2v) is 9.81. The van der Waals surface area contributed by atoms with Crippen LogP contribution in [0, 0.1) is 5.92 Å². The molecular weight excluding hydrogens is 483 g/mol. The number of nitrogens with one attached hydrogen (secondary N) is 2. The molecule has 7 nitrogen and oxygen atoms in total. The van der Waals surface area contributed by atoms with Crippen LogP contribution >= 0.6 is 34.5 Å². The summed E-state index contributed by atoms with van der Waals surface area (Å²) < 4.78 is 0. The fourth-order valence-corrected chi connectivity index (χ4v) is 4.10. The molecule has 180 valence electrons. The minimum atomic E-state index is -0.367. The monoisotopic (exact) mass is 512 g/mol. The van der Waals surface area contributed by atoms with E-state index < -0.39 is 0 Å². The molecule has 0 saturated heterocycles. The number of anilines is 1. The van der Waals surface area contributed by atoms with Crippen molar-refractivity contribution >= 4 is 57.4 Å². The third-order valence-electron chi connectivity index (χ3n) is 4.62. The van der Waals surface area contributed by atoms with Gasteiger partial charge in [0.2, 0.25) is 11.8 Å². The molecule has 1 aromatic carbocycles. The van der Waals surface area contributed by atoms with E-state index in [9.17, 15) is 14.4 Å². The van der Waals surface area contributed by atoms with Gasteiger partial charge in [-0.3, -0.25) is 14.4 Å². The Morgan fingerprint density at radius 3 is 2.55 bits per heavy atom. The summed E-state index contributed by atoms with van der Waals surface area (Å²) in [6, 6.07) is 4.64. The van der Waals surface area contributed by atoms with Crippen molar-refractivity contribution in [2.24, 2.45) is 5.92 Å². The Bertz CT molecular complexity index is 965. The van der Waals surface area contributed by atoms with E-state index in [1.54, 1.807) is 17.5 Å². The molecule has 0 saturated carbocycles. The Hall–Kier alpha value is -2.16. The number of hydrogen-bond acceptors (Lipinski definition) is 5. The largest absolute Gasteiger partial charge is 0.356 e. The van der Waals surface area contributed by atoms with Crippen LogP contribution in [0.15, 0.2) is 23.6 Å². The van der Waals surface area contributed by atoms with Crippen molar-refractivity contribution in [2.45, 2.75) is 46.5 Å². The molecule has 3 amide bonds. The quantitative estimate of drug-likeness (QED) is 0.389. The van der Waals surface area contributed by atoms with Crippen LogP contribution in [-0.4, -0.2) is 47.2 Å². The van der Waals surface area contributed by atoms with E-state index in [-0.39, 0.29) is 41.6 Å². The molecule has 0 aliphatic carbocycles. The number of carbonyl (C=O) groups is 3. The van der Waals surface area contributed by atoms with Crippen molar-refractivity contribution in [3.8, 4) is 0 Å². The van der Waals surface area contributed by atoms with Crippen LogP contribution in [0.3, 0.4) is 0 Å². The Labute approximate surface area is 208 Å². The predicted octanol–water partition coefficient (Wildman–Crippen LogP) is 5.04. The number of halogens is 2. The van der Waals surface area contributed by atoms with Crippen molar-refractivity contribution in [3.05, 3.63) is 44.9 Å². The number of unbranched alkanes of at least 4 members (excludes halogenated alkanes) is 2. The van der Waals surface area contributed by atoms with E-state index >= 15 is 0 Å². The SMILES string of the molecule is CCCCCNC(=O)Cc1csc(NC(=O)CN(CC(C)C)C(=O)c2ccc(Cl)c(Cl)c2)n1. The minimum Gasteiger partial charge on any atom is -0.356 e. The van der Waals surface area contributed by atoms with Gasteiger partial charge in [-0.15, -0.1) is 11.3 Å². The molecule has 0 aliphatic heterocycles. The fraction of sp³-hybridized carbons (Fsp3) is 0.478. The second-order valence-electron chi connectivity index (χ2n) is 8.13. The molecule has 0 unspecified atom stereocenters. The lowest BCUT2D eigenvalue weighted by atomic mass is 10.1. The number of thiazole rings is 1. The smallest absolute Gasteiger partial charge is 0.254 e. The number of rotatable bonds is 12. The van der Waals surface area contributed by atoms with Crippen molar-refractivity contribution in [1.82, 2.24) is 15.2 Å². The van der Waals surface area contributed by atoms with Gasteiger partial charge in [-0.2, -0.15) is 0 Å². The lowest BCUT2D eigenvalue weighted by molar-refractivity contribution is -0.120. The number of amides is 3. The molecule has 0 aliphatic rings. The fourth-order valence-electron chi connectivity index (χ4n) is 3.08. The zero-order valence-corrected chi connectivity index (χ0v) is 21.4. The van der Waals surface area contributed by atoms with E-state index in [2.05, 4.69) is 22.5 Å². The predicted molar refractivity (Wildman–Crippen MR) is 134 cm³/mol. The van der Waals surface area contributed by atoms with Crippen LogP contribution in [0.25, 0.3) is 0 Å². The zero-order valence-electron chi connectivity index (χ0n) is 19.1. The molecule has 10 heteroatoms. The lowest BCUT2D eigenvalue weighted by Crippen LogP contribution is -2.40. The zero-order chi connectivity index (χ0) is 24.4. The van der Waals surface area contributed by atoms with Gasteiger partial charge in [0.05, 0.1) is 22.2 Å². The number of carbonyl (C=O) groups excluding carboxylic acids is 3. The van der Waals surface area contributed by atoms with Crippen LogP contribution in [-0.2, 0) is 16.0 Å². The standard InChI is InChI=1S/C23H30Cl2N4O3S/c1-4-5-6-9-26-20(30)11-17-14-33-23(27-17)28-21(31)13-29(12-15(2)3)22(32)16-7-8-18(24)19(25)10-16/h7-8,10,14-15H,4-6,9,11-13H2,1-3H3,(H,26,30)(H,27,28,31). The molecule has 33 heavy (non-hydrogen) atoms. The van der Waals surface area contributed by atoms with Crippen molar-refractivity contribution < 1.29 is 14.4 Å². The normalized spacial score (nSPS) is 10.8. The third-order valence-corrected chi connectivity index (χ3v) is 6.16. The summed E-state index contributed by atoms with van der Waals surface area (Å²) in [7, 11) is 0. The van der Waals surface area contributed by atoms with E-state index in [1.807, 2.05) is 13.8 Å². The van der Waals surface area contributed by atoms with Gasteiger partial charge in [-0.25, -0.2) is 4.98 Å². The molecule has 2 aromatic rings. The summed E-state index contributed by atoms with van der Waals surface area (Å²) >= 11 is 13.2. The maximum absolute atomic E-state index is 13.0. The average Bonchev–Trinajstić information content (AvgIpc) is 3.18. The van der Waals surface area contributed by atoms with E-state index in [4.69, 9.17) is 23.2 Å². The van der Waals surface area contributed by atoms with Crippen molar-refractivity contribution in [2.75, 3.05) is 25.0 Å². The van der Waals surface area contributed by atoms with E-state index in [0.717, 1.165) is 19.3 Å². The Kier molecular flexibility index (Phi) is 11.1. The first-order valence-corrected chi connectivity index (χ1v) is 12.6. The number of benzene rings is 1. The van der Waals surface area contributed by atoms with Crippen LogP contribution in [0.5, 0.6) is 0 Å². The first kappa shape index (κ1) is 27.1. The van der Waals surface area contributed by atoms with Gasteiger partial charge in [-0.1, -0.05) is 56.8 Å². The maximum Gasteiger partial charge on any atom is 0.254 e. The number of aromatic nitrogens is 1. The van der Waals surface area contributed by atoms with Crippen LogP contribution in [0.4, 0.5) is 5.13 Å². The van der Waals surface area contributed by atoms with Gasteiger partial charge in [0.25, 0.3) is 5.91 Å². The summed E-state index contributed by atoms with van der Waals surface area (Å²) in [6.07, 6.45) is 3.29. The Morgan fingerprint density at radius 2 is 1.88 bits per heavy atom. The molecular formula is C23H30Cl2N4O3S. The van der Waals surface area contributed by atoms with Crippen LogP contribution < -0.4 is 10.6 Å². The second kappa shape index (κ2) is 13.5. The Balaban J connectivity index is 1.95. The molecule has 2 rings (SSSR count). The molecule has 0 spiro atoms. The molecule has 2 N–H and O–H groups in total. The third kappa shape index (κ3) is 9.31. The molecule has 1 aromatic heterocycles. The van der Waals surface area contributed by atoms with Crippen LogP contribution in [0.1, 0.15) is 56.1 Å². The van der Waals surface area contributed by atoms with Gasteiger partial charge >= 0.3 is 0 Å². The molecule has 0 radical (unpaired) electrons. The highest BCUT2D eigenvalue weighted by atomic mass is 35.5. The summed E-state index contributed by atoms with van der Waals surface area (Å²) in [6.45, 7) is 6.95. The molecule has 1 heterocycles. The summed E-state index contributed by atoms with van der Waals surface area (Å²) in [5, 5.41) is 8.36. The van der Waals surface area contributed by atoms with Crippen molar-refractivity contribution in [1.29, 1.82) is 0 Å². The van der Waals surface area contributed by atoms with Gasteiger partial charge in [-0.05, 0) is 30.5 Å². The van der Waals surface area contributed by atoms with Gasteiger partial charge in [0.15, 0.2) is 5.13 Å². The van der Waals surface area contributed by atoms with E-state index in [0.29, 0.717) is 34.5 Å². The first-order chi connectivity index (χ1) is 15.7. The molecule has 0 fully saturated rings. The highest BCUT2D eigenvalue weighted by Crippen LogP contribution is 2.23. The topological polar surface area (TPSA) is 91.4 Å².